The molecule has 0 aromatic heterocycles. The SMILES string of the molecule is C=CCc1c(OC)cc(CCCCC)c(C(=O)OCC)c1O. The molecular formula is C18H26O4. The zero-order chi connectivity index (χ0) is 16.5. The summed E-state index contributed by atoms with van der Waals surface area (Å²) in [5, 5.41) is 10.5. The second-order valence-corrected chi connectivity index (χ2v) is 5.11. The Morgan fingerprint density at radius 2 is 2.09 bits per heavy atom. The van der Waals surface area contributed by atoms with Crippen LogP contribution in [0.25, 0.3) is 0 Å². The van der Waals surface area contributed by atoms with Crippen LogP contribution in [0, 0.1) is 0 Å². The normalized spacial score (nSPS) is 10.3. The molecule has 1 rings (SSSR count). The van der Waals surface area contributed by atoms with Gasteiger partial charge in [0.05, 0.1) is 13.7 Å². The first-order valence-electron chi connectivity index (χ1n) is 7.80. The van der Waals surface area contributed by atoms with Gasteiger partial charge in [-0.1, -0.05) is 25.8 Å². The van der Waals surface area contributed by atoms with Crippen LogP contribution in [-0.2, 0) is 17.6 Å². The number of hydrogen-bond acceptors (Lipinski definition) is 4. The first-order chi connectivity index (χ1) is 10.6. The summed E-state index contributed by atoms with van der Waals surface area (Å²) in [6.45, 7) is 7.83. The van der Waals surface area contributed by atoms with E-state index in [9.17, 15) is 9.90 Å². The lowest BCUT2D eigenvalue weighted by Gasteiger charge is -2.17. The standard InChI is InChI=1S/C18H26O4/c1-5-8-9-11-13-12-15(21-4)14(10-6-2)17(19)16(13)18(20)22-7-3/h6,12,19H,2,5,7-11H2,1,3-4H3. The van der Waals surface area contributed by atoms with Crippen molar-refractivity contribution in [3.8, 4) is 11.5 Å². The van der Waals surface area contributed by atoms with Crippen molar-refractivity contribution in [2.24, 2.45) is 0 Å². The molecule has 0 saturated carbocycles. The number of carbonyl (C=O) groups excluding carboxylic acids is 1. The molecule has 1 N–H and O–H groups in total. The molecule has 1 aromatic carbocycles. The number of rotatable bonds is 9. The highest BCUT2D eigenvalue weighted by molar-refractivity contribution is 5.95. The van der Waals surface area contributed by atoms with E-state index in [0.29, 0.717) is 24.2 Å². The van der Waals surface area contributed by atoms with Crippen molar-refractivity contribution < 1.29 is 19.4 Å². The van der Waals surface area contributed by atoms with Gasteiger partial charge in [-0.2, -0.15) is 0 Å². The monoisotopic (exact) mass is 306 g/mol. The van der Waals surface area contributed by atoms with Gasteiger partial charge in [0.2, 0.25) is 0 Å². The fourth-order valence-electron chi connectivity index (χ4n) is 2.45. The highest BCUT2D eigenvalue weighted by Crippen LogP contribution is 2.36. The summed E-state index contributed by atoms with van der Waals surface area (Å²) in [4.78, 5) is 12.2. The molecule has 0 radical (unpaired) electrons. The van der Waals surface area contributed by atoms with Crippen molar-refractivity contribution in [1.82, 2.24) is 0 Å². The number of aryl methyl sites for hydroxylation is 1. The number of carbonyl (C=O) groups is 1. The maximum absolute atomic E-state index is 12.2. The number of aromatic hydroxyl groups is 1. The van der Waals surface area contributed by atoms with Gasteiger partial charge in [-0.15, -0.1) is 6.58 Å². The summed E-state index contributed by atoms with van der Waals surface area (Å²) < 4.78 is 10.5. The van der Waals surface area contributed by atoms with E-state index >= 15 is 0 Å². The van der Waals surface area contributed by atoms with E-state index in [1.54, 1.807) is 20.1 Å². The van der Waals surface area contributed by atoms with Crippen LogP contribution in [-0.4, -0.2) is 24.8 Å². The second-order valence-electron chi connectivity index (χ2n) is 5.11. The van der Waals surface area contributed by atoms with Crippen LogP contribution in [0.5, 0.6) is 11.5 Å². The highest BCUT2D eigenvalue weighted by atomic mass is 16.5. The van der Waals surface area contributed by atoms with Crippen molar-refractivity contribution in [1.29, 1.82) is 0 Å². The smallest absolute Gasteiger partial charge is 0.342 e. The van der Waals surface area contributed by atoms with E-state index in [0.717, 1.165) is 24.8 Å². The molecule has 0 aliphatic heterocycles. The largest absolute Gasteiger partial charge is 0.507 e. The molecule has 0 amide bonds. The molecule has 0 saturated heterocycles. The maximum Gasteiger partial charge on any atom is 0.342 e. The summed E-state index contributed by atoms with van der Waals surface area (Å²) in [5.74, 6) is 0.0422. The van der Waals surface area contributed by atoms with Gasteiger partial charge >= 0.3 is 5.97 Å². The average Bonchev–Trinajstić information content (AvgIpc) is 2.50. The van der Waals surface area contributed by atoms with Gasteiger partial charge in [-0.3, -0.25) is 0 Å². The second kappa shape index (κ2) is 9.13. The number of allylic oxidation sites excluding steroid dienone is 1. The molecule has 0 bridgehead atoms. The molecule has 22 heavy (non-hydrogen) atoms. The van der Waals surface area contributed by atoms with Gasteiger partial charge in [0.25, 0.3) is 0 Å². The summed E-state index contributed by atoms with van der Waals surface area (Å²) in [6, 6.07) is 1.83. The van der Waals surface area contributed by atoms with Crippen molar-refractivity contribution in [2.45, 2.75) is 46.0 Å². The summed E-state index contributed by atoms with van der Waals surface area (Å²) in [6.07, 6.45) is 5.92. The third-order valence-corrected chi connectivity index (χ3v) is 3.54. The molecule has 0 unspecified atom stereocenters. The minimum absolute atomic E-state index is 0.0517. The topological polar surface area (TPSA) is 55.8 Å². The van der Waals surface area contributed by atoms with Crippen molar-refractivity contribution in [2.75, 3.05) is 13.7 Å². The molecule has 0 aliphatic carbocycles. The average molecular weight is 306 g/mol. The quantitative estimate of drug-likeness (QED) is 0.425. The Hall–Kier alpha value is -1.97. The fraction of sp³-hybridized carbons (Fsp3) is 0.500. The minimum Gasteiger partial charge on any atom is -0.507 e. The zero-order valence-electron chi connectivity index (χ0n) is 13.8. The predicted molar refractivity (Wildman–Crippen MR) is 87.7 cm³/mol. The third-order valence-electron chi connectivity index (χ3n) is 3.54. The number of phenolic OH excluding ortho intramolecular Hbond substituents is 1. The van der Waals surface area contributed by atoms with E-state index in [2.05, 4.69) is 13.5 Å². The van der Waals surface area contributed by atoms with Crippen molar-refractivity contribution in [3.63, 3.8) is 0 Å². The Morgan fingerprint density at radius 3 is 2.64 bits per heavy atom. The predicted octanol–water partition coefficient (Wildman–Crippen LogP) is 4.04. The van der Waals surface area contributed by atoms with E-state index < -0.39 is 5.97 Å². The Kier molecular flexibility index (Phi) is 7.50. The van der Waals surface area contributed by atoms with Gasteiger partial charge in [-0.05, 0) is 37.8 Å². The van der Waals surface area contributed by atoms with E-state index in [1.807, 2.05) is 6.07 Å². The molecule has 4 nitrogen and oxygen atoms in total. The van der Waals surface area contributed by atoms with Crippen molar-refractivity contribution in [3.05, 3.63) is 35.4 Å². The Morgan fingerprint density at radius 1 is 1.36 bits per heavy atom. The Balaban J connectivity index is 3.34. The lowest BCUT2D eigenvalue weighted by molar-refractivity contribution is 0.0521. The molecule has 122 valence electrons. The van der Waals surface area contributed by atoms with Crippen LogP contribution >= 0.6 is 0 Å². The number of esters is 1. The number of benzene rings is 1. The van der Waals surface area contributed by atoms with Crippen molar-refractivity contribution >= 4 is 5.97 Å². The van der Waals surface area contributed by atoms with Crippen LogP contribution in [0.15, 0.2) is 18.7 Å². The maximum atomic E-state index is 12.2. The minimum atomic E-state index is -0.487. The Bertz CT molecular complexity index is 520. The molecule has 0 heterocycles. The van der Waals surface area contributed by atoms with Gasteiger partial charge in [0, 0.05) is 5.56 Å². The van der Waals surface area contributed by atoms with Crippen LogP contribution in [0.4, 0.5) is 0 Å². The van der Waals surface area contributed by atoms with Crippen LogP contribution in [0.3, 0.4) is 0 Å². The zero-order valence-corrected chi connectivity index (χ0v) is 13.8. The first-order valence-corrected chi connectivity index (χ1v) is 7.80. The molecule has 0 atom stereocenters. The summed E-state index contributed by atoms with van der Waals surface area (Å²) in [5.41, 5.74) is 1.60. The lowest BCUT2D eigenvalue weighted by atomic mass is 9.95. The van der Waals surface area contributed by atoms with Gasteiger partial charge < -0.3 is 14.6 Å². The molecular weight excluding hydrogens is 280 g/mol. The molecule has 0 spiro atoms. The van der Waals surface area contributed by atoms with E-state index in [-0.39, 0.29) is 17.9 Å². The van der Waals surface area contributed by atoms with Gasteiger partial charge in [0.1, 0.15) is 17.1 Å². The molecule has 4 heteroatoms. The molecule has 0 fully saturated rings. The number of hydrogen-bond donors (Lipinski definition) is 1. The highest BCUT2D eigenvalue weighted by Gasteiger charge is 2.23. The number of unbranched alkanes of at least 4 members (excludes halogenated alkanes) is 2. The van der Waals surface area contributed by atoms with E-state index in [1.165, 1.54) is 0 Å². The third kappa shape index (κ3) is 4.26. The lowest BCUT2D eigenvalue weighted by Crippen LogP contribution is -2.11. The summed E-state index contributed by atoms with van der Waals surface area (Å²) >= 11 is 0. The Labute approximate surface area is 132 Å². The van der Waals surface area contributed by atoms with Gasteiger partial charge in [0.15, 0.2) is 0 Å². The van der Waals surface area contributed by atoms with Crippen LogP contribution in [0.1, 0.15) is 54.6 Å². The first kappa shape index (κ1) is 18.1. The molecule has 1 aromatic rings. The van der Waals surface area contributed by atoms with Crippen LogP contribution < -0.4 is 4.74 Å². The number of ether oxygens (including phenoxy) is 2. The summed E-state index contributed by atoms with van der Waals surface area (Å²) in [7, 11) is 1.56. The van der Waals surface area contributed by atoms with Crippen LogP contribution in [0.2, 0.25) is 0 Å². The number of phenols is 1. The fourth-order valence-corrected chi connectivity index (χ4v) is 2.45. The number of methoxy groups -OCH3 is 1. The van der Waals surface area contributed by atoms with Gasteiger partial charge in [-0.25, -0.2) is 4.79 Å². The molecule has 0 aliphatic rings. The van der Waals surface area contributed by atoms with E-state index in [4.69, 9.17) is 9.47 Å².